The van der Waals surface area contributed by atoms with Crippen molar-refractivity contribution in [2.75, 3.05) is 6.54 Å². The maximum Gasteiger partial charge on any atom is 0.215 e. The topological polar surface area (TPSA) is 46.2 Å². The highest BCUT2D eigenvalue weighted by molar-refractivity contribution is 7.88. The van der Waals surface area contributed by atoms with Crippen molar-refractivity contribution >= 4 is 10.0 Å². The van der Waals surface area contributed by atoms with Crippen molar-refractivity contribution in [3.05, 3.63) is 35.9 Å². The summed E-state index contributed by atoms with van der Waals surface area (Å²) in [4.78, 5) is 0. The Balaban J connectivity index is 2.32. The fourth-order valence-corrected chi connectivity index (χ4v) is 2.81. The summed E-state index contributed by atoms with van der Waals surface area (Å²) in [6, 6.07) is 9.25. The van der Waals surface area contributed by atoms with Crippen LogP contribution in [0.2, 0.25) is 0 Å². The average Bonchev–Trinajstić information content (AvgIpc) is 2.29. The monoisotopic (exact) mass is 255 g/mol. The van der Waals surface area contributed by atoms with E-state index in [1.165, 1.54) is 6.42 Å². The van der Waals surface area contributed by atoms with E-state index < -0.39 is 10.0 Å². The zero-order valence-corrected chi connectivity index (χ0v) is 11.2. The summed E-state index contributed by atoms with van der Waals surface area (Å²) in [5.74, 6) is 0.0710. The zero-order chi connectivity index (χ0) is 12.6. The van der Waals surface area contributed by atoms with Gasteiger partial charge in [0.2, 0.25) is 10.0 Å². The van der Waals surface area contributed by atoms with E-state index in [2.05, 4.69) is 11.6 Å². The van der Waals surface area contributed by atoms with Gasteiger partial charge in [-0.2, -0.15) is 0 Å². The standard InChI is InChI=1S/C13H21NO2S/c1-2-3-4-8-11-14-17(15,16)12-13-9-6-5-7-10-13/h5-7,9-10,14H,2-4,8,11-12H2,1H3. The molecule has 0 aliphatic carbocycles. The lowest BCUT2D eigenvalue weighted by Gasteiger charge is -2.06. The van der Waals surface area contributed by atoms with Crippen LogP contribution in [0.5, 0.6) is 0 Å². The quantitative estimate of drug-likeness (QED) is 0.726. The first-order chi connectivity index (χ1) is 8.14. The van der Waals surface area contributed by atoms with Gasteiger partial charge in [0.05, 0.1) is 5.75 Å². The molecule has 0 heterocycles. The second kappa shape index (κ2) is 7.45. The number of hydrogen-bond donors (Lipinski definition) is 1. The minimum absolute atomic E-state index is 0.0710. The van der Waals surface area contributed by atoms with E-state index >= 15 is 0 Å². The van der Waals surface area contributed by atoms with E-state index in [1.807, 2.05) is 30.3 Å². The molecule has 3 nitrogen and oxygen atoms in total. The van der Waals surface area contributed by atoms with Gasteiger partial charge in [-0.15, -0.1) is 0 Å². The summed E-state index contributed by atoms with van der Waals surface area (Å²) >= 11 is 0. The number of nitrogens with one attached hydrogen (secondary N) is 1. The Hall–Kier alpha value is -0.870. The SMILES string of the molecule is CCCCCCNS(=O)(=O)Cc1ccccc1. The smallest absolute Gasteiger partial charge is 0.215 e. The summed E-state index contributed by atoms with van der Waals surface area (Å²) in [6.45, 7) is 2.69. The van der Waals surface area contributed by atoms with Gasteiger partial charge in [0.25, 0.3) is 0 Å². The van der Waals surface area contributed by atoms with Crippen LogP contribution in [0.25, 0.3) is 0 Å². The van der Waals surface area contributed by atoms with Gasteiger partial charge in [0.15, 0.2) is 0 Å². The Labute approximate surface area is 104 Å². The molecule has 0 spiro atoms. The number of sulfonamides is 1. The number of rotatable bonds is 8. The first-order valence-corrected chi connectivity index (χ1v) is 7.80. The molecule has 0 saturated carbocycles. The van der Waals surface area contributed by atoms with E-state index in [9.17, 15) is 8.42 Å². The normalized spacial score (nSPS) is 11.6. The summed E-state index contributed by atoms with van der Waals surface area (Å²) in [5.41, 5.74) is 0.827. The van der Waals surface area contributed by atoms with Crippen LogP contribution in [0.3, 0.4) is 0 Å². The molecule has 96 valence electrons. The summed E-state index contributed by atoms with van der Waals surface area (Å²) in [5, 5.41) is 0. The Morgan fingerprint density at radius 1 is 1.06 bits per heavy atom. The second-order valence-electron chi connectivity index (χ2n) is 4.20. The molecule has 0 radical (unpaired) electrons. The van der Waals surface area contributed by atoms with Gasteiger partial charge in [0.1, 0.15) is 0 Å². The minimum Gasteiger partial charge on any atom is -0.215 e. The predicted molar refractivity (Wildman–Crippen MR) is 71.2 cm³/mol. The molecule has 0 saturated heterocycles. The lowest BCUT2D eigenvalue weighted by atomic mass is 10.2. The molecular weight excluding hydrogens is 234 g/mol. The predicted octanol–water partition coefficient (Wildman–Crippen LogP) is 2.69. The van der Waals surface area contributed by atoms with E-state index in [0.29, 0.717) is 6.54 Å². The first kappa shape index (κ1) is 14.2. The molecule has 0 bridgehead atoms. The Morgan fingerprint density at radius 2 is 1.76 bits per heavy atom. The molecule has 0 aliphatic rings. The second-order valence-corrected chi connectivity index (χ2v) is 6.01. The number of hydrogen-bond acceptors (Lipinski definition) is 2. The van der Waals surface area contributed by atoms with Crippen molar-refractivity contribution in [3.63, 3.8) is 0 Å². The zero-order valence-electron chi connectivity index (χ0n) is 10.4. The van der Waals surface area contributed by atoms with E-state index in [1.54, 1.807) is 0 Å². The lowest BCUT2D eigenvalue weighted by molar-refractivity contribution is 0.573. The first-order valence-electron chi connectivity index (χ1n) is 6.15. The third-order valence-electron chi connectivity index (χ3n) is 2.55. The van der Waals surface area contributed by atoms with Crippen LogP contribution in [0, 0.1) is 0 Å². The molecular formula is C13H21NO2S. The Bertz CT molecular complexity index is 401. The van der Waals surface area contributed by atoms with Gasteiger partial charge < -0.3 is 0 Å². The van der Waals surface area contributed by atoms with E-state index in [-0.39, 0.29) is 5.75 Å². The molecule has 0 aliphatic heterocycles. The van der Waals surface area contributed by atoms with E-state index in [0.717, 1.165) is 24.8 Å². The molecule has 0 fully saturated rings. The highest BCUT2D eigenvalue weighted by Crippen LogP contribution is 2.04. The van der Waals surface area contributed by atoms with Crippen molar-refractivity contribution in [1.82, 2.24) is 4.72 Å². The largest absolute Gasteiger partial charge is 0.215 e. The van der Waals surface area contributed by atoms with Crippen LogP contribution in [0.15, 0.2) is 30.3 Å². The molecule has 4 heteroatoms. The molecule has 1 rings (SSSR count). The third kappa shape index (κ3) is 6.44. The van der Waals surface area contributed by atoms with Crippen LogP contribution in [0.1, 0.15) is 38.2 Å². The maximum absolute atomic E-state index is 11.7. The molecule has 1 aromatic rings. The summed E-state index contributed by atoms with van der Waals surface area (Å²) in [7, 11) is -3.17. The highest BCUT2D eigenvalue weighted by Gasteiger charge is 2.09. The maximum atomic E-state index is 11.7. The van der Waals surface area contributed by atoms with Crippen molar-refractivity contribution in [2.24, 2.45) is 0 Å². The molecule has 1 N–H and O–H groups in total. The van der Waals surface area contributed by atoms with Crippen LogP contribution in [-0.4, -0.2) is 15.0 Å². The molecule has 17 heavy (non-hydrogen) atoms. The average molecular weight is 255 g/mol. The molecule has 0 amide bonds. The van der Waals surface area contributed by atoms with Gasteiger partial charge in [-0.1, -0.05) is 56.5 Å². The highest BCUT2D eigenvalue weighted by atomic mass is 32.2. The van der Waals surface area contributed by atoms with Gasteiger partial charge in [-0.05, 0) is 12.0 Å². The van der Waals surface area contributed by atoms with E-state index in [4.69, 9.17) is 0 Å². The van der Waals surface area contributed by atoms with Crippen LogP contribution in [0.4, 0.5) is 0 Å². The number of unbranched alkanes of at least 4 members (excludes halogenated alkanes) is 3. The molecule has 1 aromatic carbocycles. The Kier molecular flexibility index (Phi) is 6.22. The van der Waals surface area contributed by atoms with Gasteiger partial charge in [0, 0.05) is 6.54 Å². The van der Waals surface area contributed by atoms with Crippen LogP contribution < -0.4 is 4.72 Å². The fourth-order valence-electron chi connectivity index (χ4n) is 1.62. The fraction of sp³-hybridized carbons (Fsp3) is 0.538. The minimum atomic E-state index is -3.17. The molecule has 0 atom stereocenters. The van der Waals surface area contributed by atoms with Gasteiger partial charge in [-0.3, -0.25) is 0 Å². The summed E-state index contributed by atoms with van der Waals surface area (Å²) < 4.78 is 26.1. The lowest BCUT2D eigenvalue weighted by Crippen LogP contribution is -2.26. The Morgan fingerprint density at radius 3 is 2.41 bits per heavy atom. The van der Waals surface area contributed by atoms with Gasteiger partial charge in [-0.25, -0.2) is 13.1 Å². The third-order valence-corrected chi connectivity index (χ3v) is 3.91. The van der Waals surface area contributed by atoms with Crippen LogP contribution in [-0.2, 0) is 15.8 Å². The number of benzene rings is 1. The van der Waals surface area contributed by atoms with Crippen molar-refractivity contribution < 1.29 is 8.42 Å². The van der Waals surface area contributed by atoms with Crippen molar-refractivity contribution in [2.45, 2.75) is 38.4 Å². The molecule has 0 unspecified atom stereocenters. The van der Waals surface area contributed by atoms with Gasteiger partial charge >= 0.3 is 0 Å². The molecule has 0 aromatic heterocycles. The summed E-state index contributed by atoms with van der Waals surface area (Å²) in [6.07, 6.45) is 4.34. The van der Waals surface area contributed by atoms with Crippen LogP contribution >= 0.6 is 0 Å². The van der Waals surface area contributed by atoms with Crippen molar-refractivity contribution in [1.29, 1.82) is 0 Å². The van der Waals surface area contributed by atoms with Crippen molar-refractivity contribution in [3.8, 4) is 0 Å².